The smallest absolute Gasteiger partial charge is 0.244 e. The molecule has 33 heavy (non-hydrogen) atoms. The van der Waals surface area contributed by atoms with Gasteiger partial charge in [0.2, 0.25) is 5.91 Å². The van der Waals surface area contributed by atoms with E-state index in [1.165, 1.54) is 40.5 Å². The highest BCUT2D eigenvalue weighted by Crippen LogP contribution is 2.32. The van der Waals surface area contributed by atoms with Crippen molar-refractivity contribution in [2.45, 2.75) is 18.4 Å². The summed E-state index contributed by atoms with van der Waals surface area (Å²) in [5.74, 6) is -0.602. The average Bonchev–Trinajstić information content (AvgIpc) is 3.21. The fourth-order valence-corrected chi connectivity index (χ4v) is 5.48. The number of benzene rings is 2. The molecule has 0 unspecified atom stereocenters. The second-order valence-corrected chi connectivity index (χ2v) is 10.5. The van der Waals surface area contributed by atoms with Crippen LogP contribution in [0.2, 0.25) is 5.02 Å². The molecule has 0 bridgehead atoms. The average molecular weight is 502 g/mol. The monoisotopic (exact) mass is 501 g/mol. The highest BCUT2D eigenvalue weighted by molar-refractivity contribution is 7.92. The van der Waals surface area contributed by atoms with Crippen molar-refractivity contribution in [3.63, 3.8) is 0 Å². The zero-order chi connectivity index (χ0) is 23.4. The lowest BCUT2D eigenvalue weighted by molar-refractivity contribution is -0.116. The second kappa shape index (κ2) is 9.86. The lowest BCUT2D eigenvalue weighted by Gasteiger charge is -2.19. The highest BCUT2D eigenvalue weighted by atomic mass is 35.5. The third-order valence-electron chi connectivity index (χ3n) is 4.72. The molecule has 10 heteroatoms. The Morgan fingerprint density at radius 1 is 1.12 bits per heavy atom. The van der Waals surface area contributed by atoms with E-state index in [4.69, 9.17) is 16.3 Å². The summed E-state index contributed by atoms with van der Waals surface area (Å²) in [5, 5.41) is 0.804. The molecule has 1 amide bonds. The number of hydrogen-bond donors (Lipinski definition) is 0. The Kier molecular flexibility index (Phi) is 6.92. The summed E-state index contributed by atoms with van der Waals surface area (Å²) in [6.45, 7) is 2.52. The molecular weight excluding hydrogens is 482 g/mol. The Balaban J connectivity index is 1.68. The minimum atomic E-state index is -3.88. The van der Waals surface area contributed by atoms with E-state index in [0.29, 0.717) is 33.7 Å². The second-order valence-electron chi connectivity index (χ2n) is 7.07. The maximum atomic E-state index is 13.3. The van der Waals surface area contributed by atoms with Crippen molar-refractivity contribution in [2.24, 2.45) is 0 Å². The minimum Gasteiger partial charge on any atom is -0.494 e. The van der Waals surface area contributed by atoms with Crippen molar-refractivity contribution in [3.05, 3.63) is 77.6 Å². The molecule has 4 aromatic rings. The maximum absolute atomic E-state index is 13.3. The Hall–Kier alpha value is -3.01. The molecule has 0 aliphatic heterocycles. The molecule has 0 aliphatic rings. The van der Waals surface area contributed by atoms with E-state index in [1.807, 2.05) is 31.2 Å². The summed E-state index contributed by atoms with van der Waals surface area (Å²) in [7, 11) is -3.88. The van der Waals surface area contributed by atoms with Gasteiger partial charge in [-0.1, -0.05) is 29.0 Å². The van der Waals surface area contributed by atoms with E-state index in [1.54, 1.807) is 18.3 Å². The van der Waals surface area contributed by atoms with Gasteiger partial charge >= 0.3 is 0 Å². The Bertz CT molecular complexity index is 1370. The maximum Gasteiger partial charge on any atom is 0.244 e. The van der Waals surface area contributed by atoms with Crippen LogP contribution in [-0.2, 0) is 21.2 Å². The fraction of sp³-hybridized carbons (Fsp3) is 0.174. The Morgan fingerprint density at radius 2 is 1.91 bits per heavy atom. The zero-order valence-corrected chi connectivity index (χ0v) is 20.0. The molecule has 0 N–H and O–H groups in total. The normalized spacial score (nSPS) is 11.5. The molecule has 0 atom stereocenters. The lowest BCUT2D eigenvalue weighted by Crippen LogP contribution is -2.35. The van der Waals surface area contributed by atoms with E-state index in [0.717, 1.165) is 4.70 Å². The van der Waals surface area contributed by atoms with Crippen LogP contribution in [0, 0.1) is 0 Å². The van der Waals surface area contributed by atoms with Gasteiger partial charge in [-0.2, -0.15) is 0 Å². The summed E-state index contributed by atoms with van der Waals surface area (Å²) >= 11 is 7.16. The highest BCUT2D eigenvalue weighted by Gasteiger charge is 2.27. The number of carbonyl (C=O) groups excluding carboxylic acids is 1. The van der Waals surface area contributed by atoms with E-state index in [-0.39, 0.29) is 11.4 Å². The topological polar surface area (TPSA) is 89.5 Å². The number of amides is 1. The predicted molar refractivity (Wildman–Crippen MR) is 130 cm³/mol. The Labute approximate surface area is 200 Å². The van der Waals surface area contributed by atoms with E-state index < -0.39 is 21.5 Å². The van der Waals surface area contributed by atoms with Crippen molar-refractivity contribution in [1.29, 1.82) is 0 Å². The van der Waals surface area contributed by atoms with Crippen LogP contribution in [0.5, 0.6) is 5.75 Å². The van der Waals surface area contributed by atoms with Gasteiger partial charge in [-0.05, 0) is 61.5 Å². The number of carbonyl (C=O) groups is 1. The molecule has 0 spiro atoms. The number of fused-ring (bicyclic) bond motifs is 1. The van der Waals surface area contributed by atoms with Gasteiger partial charge in [-0.3, -0.25) is 14.7 Å². The number of sulfone groups is 1. The summed E-state index contributed by atoms with van der Waals surface area (Å²) in [6.07, 6.45) is 1.62. The molecule has 7 nitrogen and oxygen atoms in total. The first-order valence-corrected chi connectivity index (χ1v) is 12.9. The number of hydrogen-bond acceptors (Lipinski definition) is 7. The summed E-state index contributed by atoms with van der Waals surface area (Å²) in [4.78, 5) is 23.5. The largest absolute Gasteiger partial charge is 0.494 e. The quantitative estimate of drug-likeness (QED) is 0.346. The zero-order valence-electron chi connectivity index (χ0n) is 17.6. The SMILES string of the molecule is CCOc1ccc2nc(N(Cc3ccccn3)C(=O)CS(=O)(=O)c3ccc(Cl)cc3)sc2c1. The molecule has 0 radical (unpaired) electrons. The van der Waals surface area contributed by atoms with Crippen molar-refractivity contribution in [2.75, 3.05) is 17.3 Å². The minimum absolute atomic E-state index is 0.0312. The number of halogens is 1. The van der Waals surface area contributed by atoms with Crippen LogP contribution in [0.15, 0.2) is 71.8 Å². The van der Waals surface area contributed by atoms with Crippen LogP contribution >= 0.6 is 22.9 Å². The standard InChI is InChI=1S/C23H20ClN3O4S2/c1-2-31-18-8-11-20-21(13-18)32-23(26-20)27(14-17-5-3-4-12-25-17)22(28)15-33(29,30)19-9-6-16(24)7-10-19/h3-13H,2,14-15H2,1H3. The third-order valence-corrected chi connectivity index (χ3v) is 7.63. The molecule has 0 aliphatic carbocycles. The molecular formula is C23H20ClN3O4S2. The number of rotatable bonds is 8. The summed E-state index contributed by atoms with van der Waals surface area (Å²) in [5.41, 5.74) is 1.31. The first kappa shape index (κ1) is 23.2. The third kappa shape index (κ3) is 5.50. The van der Waals surface area contributed by atoms with Crippen molar-refractivity contribution in [3.8, 4) is 5.75 Å². The molecule has 2 aromatic heterocycles. The van der Waals surface area contributed by atoms with E-state index in [2.05, 4.69) is 9.97 Å². The molecule has 0 saturated heterocycles. The van der Waals surface area contributed by atoms with Gasteiger partial charge in [0.05, 0.1) is 34.0 Å². The number of aromatic nitrogens is 2. The number of thiazole rings is 1. The van der Waals surface area contributed by atoms with Crippen LogP contribution in [-0.4, -0.2) is 36.7 Å². The van der Waals surface area contributed by atoms with Gasteiger partial charge in [0.25, 0.3) is 0 Å². The van der Waals surface area contributed by atoms with Crippen molar-refractivity contribution < 1.29 is 17.9 Å². The Morgan fingerprint density at radius 3 is 2.61 bits per heavy atom. The first-order valence-electron chi connectivity index (χ1n) is 10.1. The van der Waals surface area contributed by atoms with Gasteiger partial charge in [0.15, 0.2) is 15.0 Å². The first-order chi connectivity index (χ1) is 15.9. The van der Waals surface area contributed by atoms with Crippen LogP contribution in [0.4, 0.5) is 5.13 Å². The number of nitrogens with zero attached hydrogens (tertiary/aromatic N) is 3. The molecule has 0 saturated carbocycles. The molecule has 170 valence electrons. The number of anilines is 1. The van der Waals surface area contributed by atoms with E-state index >= 15 is 0 Å². The fourth-order valence-electron chi connectivity index (χ4n) is 3.15. The lowest BCUT2D eigenvalue weighted by atomic mass is 10.3. The van der Waals surface area contributed by atoms with Crippen molar-refractivity contribution in [1.82, 2.24) is 9.97 Å². The molecule has 2 heterocycles. The van der Waals surface area contributed by atoms with Gasteiger partial charge < -0.3 is 4.74 Å². The number of ether oxygens (including phenoxy) is 1. The molecule has 4 rings (SSSR count). The van der Waals surface area contributed by atoms with Gasteiger partial charge in [-0.15, -0.1) is 0 Å². The van der Waals surface area contributed by atoms with Gasteiger partial charge in [0.1, 0.15) is 11.5 Å². The summed E-state index contributed by atoms with van der Waals surface area (Å²) < 4.78 is 32.2. The van der Waals surface area contributed by atoms with E-state index in [9.17, 15) is 13.2 Å². The van der Waals surface area contributed by atoms with Crippen molar-refractivity contribution >= 4 is 54.0 Å². The van der Waals surface area contributed by atoms with Gasteiger partial charge in [-0.25, -0.2) is 13.4 Å². The molecule has 0 fully saturated rings. The molecule has 2 aromatic carbocycles. The summed E-state index contributed by atoms with van der Waals surface area (Å²) in [6, 6.07) is 16.6. The van der Waals surface area contributed by atoms with Crippen LogP contribution < -0.4 is 9.64 Å². The van der Waals surface area contributed by atoms with Crippen LogP contribution in [0.3, 0.4) is 0 Å². The van der Waals surface area contributed by atoms with Crippen LogP contribution in [0.25, 0.3) is 10.2 Å². The van der Waals surface area contributed by atoms with Gasteiger partial charge in [0, 0.05) is 11.2 Å². The van der Waals surface area contributed by atoms with Crippen LogP contribution in [0.1, 0.15) is 12.6 Å². The number of pyridine rings is 1. The predicted octanol–water partition coefficient (Wildman–Crippen LogP) is 4.75.